The Bertz CT molecular complexity index is 1230. The lowest BCUT2D eigenvalue weighted by Crippen LogP contribution is -2.28. The van der Waals surface area contributed by atoms with E-state index in [0.29, 0.717) is 0 Å². The maximum atomic E-state index is 3.56. The molecule has 0 atom stereocenters. The van der Waals surface area contributed by atoms with Gasteiger partial charge >= 0.3 is 0 Å². The van der Waals surface area contributed by atoms with Crippen LogP contribution in [0.25, 0.3) is 11.1 Å². The average molecular weight is 477 g/mol. The van der Waals surface area contributed by atoms with Gasteiger partial charge in [0, 0.05) is 0 Å². The Morgan fingerprint density at radius 1 is 0.714 bits per heavy atom. The smallest absolute Gasteiger partial charge is 0.0713 e. The fraction of sp³-hybridized carbons (Fsp3) is 0.176. The molecule has 0 unspecified atom stereocenters. The summed E-state index contributed by atoms with van der Waals surface area (Å²) in [4.78, 5) is 1.30. The molecular weight excluding hydrogens is 440 g/mol. The van der Waals surface area contributed by atoms with Crippen LogP contribution in [0.1, 0.15) is 48.6 Å². The van der Waals surface area contributed by atoms with Crippen molar-refractivity contribution in [1.82, 2.24) is 0 Å². The average Bonchev–Trinajstić information content (AvgIpc) is 3.23. The number of thioether (sulfide) groups is 1. The van der Waals surface area contributed by atoms with Crippen molar-refractivity contribution < 1.29 is 0 Å². The minimum absolute atomic E-state index is 0.263. The Labute approximate surface area is 216 Å². The first-order valence-electron chi connectivity index (χ1n) is 12.3. The zero-order valence-corrected chi connectivity index (χ0v) is 22.4. The molecule has 4 aromatic rings. The molecule has 0 bridgehead atoms. The van der Waals surface area contributed by atoms with E-state index in [4.69, 9.17) is 0 Å². The third kappa shape index (κ3) is 5.06. The summed E-state index contributed by atoms with van der Waals surface area (Å²) in [5.41, 5.74) is 9.22. The largest absolute Gasteiger partial charge is 0.134 e. The molecule has 4 aromatic carbocycles. The molecule has 0 saturated carbocycles. The fourth-order valence-electron chi connectivity index (χ4n) is 4.91. The second kappa shape index (κ2) is 12.4. The lowest BCUT2D eigenvalue weighted by Gasteiger charge is -2.33. The van der Waals surface area contributed by atoms with E-state index >= 15 is 0 Å². The second-order valence-corrected chi connectivity index (χ2v) is 9.29. The normalized spacial score (nSPS) is 12.8. The van der Waals surface area contributed by atoms with Gasteiger partial charge in [0.25, 0.3) is 0 Å². The number of allylic oxidation sites excluding steroid dienone is 3. The first-order valence-corrected chi connectivity index (χ1v) is 13.5. The van der Waals surface area contributed by atoms with Gasteiger partial charge in [-0.25, -0.2) is 0 Å². The zero-order chi connectivity index (χ0) is 25.3. The van der Waals surface area contributed by atoms with Gasteiger partial charge in [0.1, 0.15) is 0 Å². The Balaban J connectivity index is 0.000000331. The molecule has 35 heavy (non-hydrogen) atoms. The molecule has 5 rings (SSSR count). The number of fused-ring (bicyclic) bond motifs is 3. The summed E-state index contributed by atoms with van der Waals surface area (Å²) in [6, 6.07) is 37.5. The van der Waals surface area contributed by atoms with Crippen LogP contribution in [-0.2, 0) is 5.41 Å². The van der Waals surface area contributed by atoms with Gasteiger partial charge < -0.3 is 0 Å². The highest BCUT2D eigenvalue weighted by Crippen LogP contribution is 2.56. The topological polar surface area (TPSA) is 0 Å². The standard InChI is InChI=1S/C26H20.C6H10S.C2H6/c1-19-11-10-18-24-25(19)22-16-8-9-17-23(22)26(24,20-12-4-2-5-13-20)21-14-6-3-7-15-21;1-4-5-6(2)7-3;1-2/h2-18H,1H3;4-5H,1H2,2-3H3;1-2H3/b;6-5+;. The third-order valence-corrected chi connectivity index (χ3v) is 7.15. The third-order valence-electron chi connectivity index (χ3n) is 6.37. The molecule has 0 radical (unpaired) electrons. The summed E-state index contributed by atoms with van der Waals surface area (Å²) in [6.45, 7) is 11.8. The van der Waals surface area contributed by atoms with Crippen LogP contribution in [0.15, 0.2) is 127 Å². The quantitative estimate of drug-likeness (QED) is 0.233. The zero-order valence-electron chi connectivity index (χ0n) is 21.6. The Kier molecular flexibility index (Phi) is 9.34. The Morgan fingerprint density at radius 3 is 1.74 bits per heavy atom. The molecule has 0 saturated heterocycles. The van der Waals surface area contributed by atoms with Crippen molar-refractivity contribution in [2.24, 2.45) is 0 Å². The fourth-order valence-corrected chi connectivity index (χ4v) is 5.14. The molecule has 0 amide bonds. The summed E-state index contributed by atoms with van der Waals surface area (Å²) in [5, 5.41) is 0. The molecule has 0 heterocycles. The van der Waals surface area contributed by atoms with Crippen LogP contribution in [-0.4, -0.2) is 6.26 Å². The van der Waals surface area contributed by atoms with Crippen LogP contribution in [0.3, 0.4) is 0 Å². The van der Waals surface area contributed by atoms with Crippen LogP contribution >= 0.6 is 11.8 Å². The van der Waals surface area contributed by atoms with Gasteiger partial charge in [0.05, 0.1) is 5.41 Å². The summed E-state index contributed by atoms with van der Waals surface area (Å²) in [5.74, 6) is 0. The summed E-state index contributed by atoms with van der Waals surface area (Å²) >= 11 is 1.74. The van der Waals surface area contributed by atoms with Crippen molar-refractivity contribution >= 4 is 11.8 Å². The van der Waals surface area contributed by atoms with Crippen molar-refractivity contribution in [1.29, 1.82) is 0 Å². The van der Waals surface area contributed by atoms with Gasteiger partial charge in [0.2, 0.25) is 0 Å². The summed E-state index contributed by atoms with van der Waals surface area (Å²) in [7, 11) is 0. The molecule has 0 spiro atoms. The maximum absolute atomic E-state index is 3.56. The van der Waals surface area contributed by atoms with Crippen molar-refractivity contribution in [2.45, 2.75) is 33.1 Å². The highest BCUT2D eigenvalue weighted by atomic mass is 32.2. The molecule has 1 aliphatic rings. The molecule has 0 aliphatic heterocycles. The molecule has 0 aromatic heterocycles. The molecule has 1 aliphatic carbocycles. The van der Waals surface area contributed by atoms with Gasteiger partial charge in [-0.1, -0.05) is 136 Å². The molecule has 178 valence electrons. The van der Waals surface area contributed by atoms with E-state index in [1.165, 1.54) is 43.8 Å². The van der Waals surface area contributed by atoms with Crippen molar-refractivity contribution in [3.8, 4) is 11.1 Å². The van der Waals surface area contributed by atoms with Crippen LogP contribution in [0, 0.1) is 6.92 Å². The van der Waals surface area contributed by atoms with E-state index in [-0.39, 0.29) is 5.41 Å². The first kappa shape index (κ1) is 26.3. The van der Waals surface area contributed by atoms with E-state index < -0.39 is 0 Å². The highest BCUT2D eigenvalue weighted by Gasteiger charge is 2.46. The van der Waals surface area contributed by atoms with Crippen molar-refractivity contribution in [3.63, 3.8) is 0 Å². The van der Waals surface area contributed by atoms with Gasteiger partial charge in [-0.05, 0) is 64.0 Å². The van der Waals surface area contributed by atoms with Crippen LogP contribution in [0.4, 0.5) is 0 Å². The SMILES string of the molecule is C=C/C=C(\C)SC.CC.Cc1cccc2c1-c1ccccc1C2(c1ccccc1)c1ccccc1. The number of aryl methyl sites for hydroxylation is 1. The van der Waals surface area contributed by atoms with Crippen LogP contribution in [0.2, 0.25) is 0 Å². The van der Waals surface area contributed by atoms with Gasteiger partial charge in [-0.2, -0.15) is 0 Å². The predicted octanol–water partition coefficient (Wildman–Crippen LogP) is 9.82. The minimum Gasteiger partial charge on any atom is -0.134 e. The number of hydrogen-bond acceptors (Lipinski definition) is 1. The highest BCUT2D eigenvalue weighted by molar-refractivity contribution is 8.02. The molecule has 0 N–H and O–H groups in total. The van der Waals surface area contributed by atoms with Crippen LogP contribution < -0.4 is 0 Å². The van der Waals surface area contributed by atoms with Gasteiger partial charge in [-0.15, -0.1) is 11.8 Å². The monoisotopic (exact) mass is 476 g/mol. The molecule has 0 fully saturated rings. The number of hydrogen-bond donors (Lipinski definition) is 0. The van der Waals surface area contributed by atoms with E-state index in [0.717, 1.165) is 0 Å². The van der Waals surface area contributed by atoms with Crippen molar-refractivity contribution in [3.05, 3.63) is 155 Å². The summed E-state index contributed by atoms with van der Waals surface area (Å²) in [6.07, 6.45) is 5.84. The summed E-state index contributed by atoms with van der Waals surface area (Å²) < 4.78 is 0. The lowest BCUT2D eigenvalue weighted by atomic mass is 9.67. The Morgan fingerprint density at radius 2 is 1.23 bits per heavy atom. The van der Waals surface area contributed by atoms with Crippen molar-refractivity contribution in [2.75, 3.05) is 6.26 Å². The second-order valence-electron chi connectivity index (χ2n) is 8.24. The van der Waals surface area contributed by atoms with E-state index in [2.05, 4.69) is 130 Å². The first-order chi connectivity index (χ1) is 17.1. The number of rotatable bonds is 4. The minimum atomic E-state index is -0.263. The lowest BCUT2D eigenvalue weighted by molar-refractivity contribution is 0.768. The van der Waals surface area contributed by atoms with Crippen LogP contribution in [0.5, 0.6) is 0 Å². The van der Waals surface area contributed by atoms with Gasteiger partial charge in [0.15, 0.2) is 0 Å². The van der Waals surface area contributed by atoms with Gasteiger partial charge in [-0.3, -0.25) is 0 Å². The molecule has 1 heteroatoms. The van der Waals surface area contributed by atoms with E-state index in [1.54, 1.807) is 17.8 Å². The molecule has 0 nitrogen and oxygen atoms in total. The van der Waals surface area contributed by atoms with E-state index in [1.807, 2.05) is 19.9 Å². The Hall–Kier alpha value is -3.29. The molecular formula is C34H36S. The number of benzene rings is 4. The maximum Gasteiger partial charge on any atom is 0.0713 e. The van der Waals surface area contributed by atoms with E-state index in [9.17, 15) is 0 Å². The predicted molar refractivity (Wildman–Crippen MR) is 157 cm³/mol.